The fourth-order valence-corrected chi connectivity index (χ4v) is 0.888. The van der Waals surface area contributed by atoms with Gasteiger partial charge in [-0.2, -0.15) is 9.65 Å². The molecule has 0 amide bonds. The molecular weight excluding hydrogens is 205 g/mol. The fraction of sp³-hybridized carbons (Fsp3) is 0.143. The molecule has 1 aromatic heterocycles. The molecule has 2 nitrogen and oxygen atoms in total. The first-order valence-corrected chi connectivity index (χ1v) is 3.48. The minimum Gasteiger partial charge on any atom is -0.206 e. The minimum absolute atomic E-state index is 0.265. The summed E-state index contributed by atoms with van der Waals surface area (Å²) in [5.41, 5.74) is -1.18. The maximum absolute atomic E-state index is 12.6. The molecular formula is C7H2ClF3N2. The van der Waals surface area contributed by atoms with E-state index in [1.54, 1.807) is 0 Å². The lowest BCUT2D eigenvalue weighted by Crippen LogP contribution is -1.97. The van der Waals surface area contributed by atoms with E-state index in [1.807, 2.05) is 0 Å². The van der Waals surface area contributed by atoms with E-state index in [4.69, 9.17) is 16.9 Å². The zero-order valence-corrected chi connectivity index (χ0v) is 6.82. The van der Waals surface area contributed by atoms with Crippen LogP contribution >= 0.6 is 11.6 Å². The normalized spacial score (nSPS) is 10.2. The van der Waals surface area contributed by atoms with Gasteiger partial charge in [0, 0.05) is 0 Å². The van der Waals surface area contributed by atoms with Gasteiger partial charge in [-0.15, -0.1) is 0 Å². The predicted molar refractivity (Wildman–Crippen MR) is 38.9 cm³/mol. The minimum atomic E-state index is -3.00. The van der Waals surface area contributed by atoms with Gasteiger partial charge in [0.25, 0.3) is 6.43 Å². The number of halogens is 4. The van der Waals surface area contributed by atoms with Crippen LogP contribution in [0.1, 0.15) is 17.6 Å². The van der Waals surface area contributed by atoms with Gasteiger partial charge in [-0.3, -0.25) is 0 Å². The summed E-state index contributed by atoms with van der Waals surface area (Å²) in [6, 6.07) is 2.21. The molecule has 0 aliphatic carbocycles. The molecule has 1 heterocycles. The van der Waals surface area contributed by atoms with Crippen molar-refractivity contribution in [3.05, 3.63) is 28.3 Å². The number of pyridine rings is 1. The lowest BCUT2D eigenvalue weighted by molar-refractivity contribution is 0.145. The van der Waals surface area contributed by atoms with Gasteiger partial charge in [0.2, 0.25) is 5.95 Å². The Morgan fingerprint density at radius 1 is 1.54 bits per heavy atom. The van der Waals surface area contributed by atoms with Gasteiger partial charge in [0.15, 0.2) is 0 Å². The molecule has 0 N–H and O–H groups in total. The van der Waals surface area contributed by atoms with Gasteiger partial charge in [0.05, 0.1) is 11.1 Å². The van der Waals surface area contributed by atoms with E-state index in [0.717, 1.165) is 0 Å². The van der Waals surface area contributed by atoms with Crippen LogP contribution < -0.4 is 0 Å². The summed E-state index contributed by atoms with van der Waals surface area (Å²) in [6.45, 7) is 0. The molecule has 13 heavy (non-hydrogen) atoms. The summed E-state index contributed by atoms with van der Waals surface area (Å²) >= 11 is 5.29. The highest BCUT2D eigenvalue weighted by atomic mass is 35.5. The molecule has 68 valence electrons. The molecule has 0 bridgehead atoms. The molecule has 6 heteroatoms. The highest BCUT2D eigenvalue weighted by Gasteiger charge is 2.17. The summed E-state index contributed by atoms with van der Waals surface area (Å²) in [7, 11) is 0. The van der Waals surface area contributed by atoms with E-state index in [9.17, 15) is 13.2 Å². The highest BCUT2D eigenvalue weighted by Crippen LogP contribution is 2.24. The smallest absolute Gasteiger partial charge is 0.206 e. The Labute approximate surface area is 76.6 Å². The molecule has 0 spiro atoms. The Bertz CT molecular complexity index is 373. The third-order valence-electron chi connectivity index (χ3n) is 1.31. The summed E-state index contributed by atoms with van der Waals surface area (Å²) < 4.78 is 36.7. The van der Waals surface area contributed by atoms with Crippen LogP contribution in [0.5, 0.6) is 0 Å². The lowest BCUT2D eigenvalue weighted by atomic mass is 10.2. The zero-order valence-electron chi connectivity index (χ0n) is 6.06. The molecule has 1 rings (SSSR count). The predicted octanol–water partition coefficient (Wildman–Crippen LogP) is 2.68. The van der Waals surface area contributed by atoms with Crippen molar-refractivity contribution in [3.8, 4) is 6.07 Å². The quantitative estimate of drug-likeness (QED) is 0.663. The topological polar surface area (TPSA) is 36.7 Å². The second kappa shape index (κ2) is 3.62. The maximum Gasteiger partial charge on any atom is 0.268 e. The fourth-order valence-electron chi connectivity index (χ4n) is 0.717. The van der Waals surface area contributed by atoms with E-state index in [0.29, 0.717) is 6.07 Å². The number of alkyl halides is 2. The monoisotopic (exact) mass is 206 g/mol. The van der Waals surface area contributed by atoms with Crippen molar-refractivity contribution in [1.29, 1.82) is 5.26 Å². The Morgan fingerprint density at radius 2 is 2.15 bits per heavy atom. The average Bonchev–Trinajstić information content (AvgIpc) is 2.03. The number of hydrogen-bond acceptors (Lipinski definition) is 2. The van der Waals surface area contributed by atoms with Crippen LogP contribution in [-0.2, 0) is 0 Å². The second-order valence-electron chi connectivity index (χ2n) is 2.12. The van der Waals surface area contributed by atoms with Crippen molar-refractivity contribution in [2.45, 2.75) is 6.43 Å². The molecule has 0 aliphatic heterocycles. The van der Waals surface area contributed by atoms with E-state index < -0.39 is 23.1 Å². The number of nitrogens with zero attached hydrogens (tertiary/aromatic N) is 2. The van der Waals surface area contributed by atoms with Gasteiger partial charge >= 0.3 is 0 Å². The molecule has 0 aliphatic rings. The van der Waals surface area contributed by atoms with Crippen molar-refractivity contribution < 1.29 is 13.2 Å². The van der Waals surface area contributed by atoms with Gasteiger partial charge < -0.3 is 0 Å². The van der Waals surface area contributed by atoms with Gasteiger partial charge in [0.1, 0.15) is 11.2 Å². The molecule has 0 atom stereocenters. The van der Waals surface area contributed by atoms with E-state index >= 15 is 0 Å². The molecule has 0 unspecified atom stereocenters. The summed E-state index contributed by atoms with van der Waals surface area (Å²) in [5, 5.41) is 7.96. The third kappa shape index (κ3) is 1.90. The maximum atomic E-state index is 12.6. The van der Waals surface area contributed by atoms with E-state index in [-0.39, 0.29) is 5.56 Å². The Balaban J connectivity index is 3.33. The first-order chi connectivity index (χ1) is 6.06. The first kappa shape index (κ1) is 9.81. The second-order valence-corrected chi connectivity index (χ2v) is 2.48. The first-order valence-electron chi connectivity index (χ1n) is 3.10. The molecule has 0 aromatic carbocycles. The molecule has 0 saturated heterocycles. The van der Waals surface area contributed by atoms with Crippen molar-refractivity contribution in [2.24, 2.45) is 0 Å². The summed E-state index contributed by atoms with van der Waals surface area (Å²) in [4.78, 5) is 2.96. The molecule has 0 saturated carbocycles. The Morgan fingerprint density at radius 3 is 2.62 bits per heavy atom. The molecule has 1 aromatic rings. The van der Waals surface area contributed by atoms with Crippen LogP contribution in [-0.4, -0.2) is 4.98 Å². The van der Waals surface area contributed by atoms with Crippen molar-refractivity contribution in [1.82, 2.24) is 4.98 Å². The highest BCUT2D eigenvalue weighted by molar-refractivity contribution is 6.30. The van der Waals surface area contributed by atoms with Crippen molar-refractivity contribution in [3.63, 3.8) is 0 Å². The van der Waals surface area contributed by atoms with Crippen LogP contribution in [0.4, 0.5) is 13.2 Å². The lowest BCUT2D eigenvalue weighted by Gasteiger charge is -2.01. The van der Waals surface area contributed by atoms with Gasteiger partial charge in [-0.1, -0.05) is 11.6 Å². The Kier molecular flexibility index (Phi) is 2.73. The molecule has 0 fully saturated rings. The van der Waals surface area contributed by atoms with E-state index in [1.165, 1.54) is 6.07 Å². The van der Waals surface area contributed by atoms with Crippen LogP contribution in [0.15, 0.2) is 6.07 Å². The van der Waals surface area contributed by atoms with E-state index in [2.05, 4.69) is 4.98 Å². The largest absolute Gasteiger partial charge is 0.268 e. The zero-order chi connectivity index (χ0) is 10.0. The van der Waals surface area contributed by atoms with Crippen LogP contribution in [0.3, 0.4) is 0 Å². The van der Waals surface area contributed by atoms with Gasteiger partial charge in [-0.05, 0) is 6.07 Å². The van der Waals surface area contributed by atoms with Crippen LogP contribution in [0.2, 0.25) is 5.15 Å². The number of hydrogen-bond donors (Lipinski definition) is 0. The standard InChI is InChI=1S/C7H2ClF3N2/c8-5-3(2-12)1-4(6(9)10)7(11)13-5/h1,6H. The number of rotatable bonds is 1. The van der Waals surface area contributed by atoms with Crippen LogP contribution in [0, 0.1) is 17.3 Å². The van der Waals surface area contributed by atoms with Gasteiger partial charge in [-0.25, -0.2) is 13.8 Å². The summed E-state index contributed by atoms with van der Waals surface area (Å²) in [5.74, 6) is -1.35. The van der Waals surface area contributed by atoms with Crippen molar-refractivity contribution in [2.75, 3.05) is 0 Å². The summed E-state index contributed by atoms with van der Waals surface area (Å²) in [6.07, 6.45) is -3.00. The third-order valence-corrected chi connectivity index (χ3v) is 1.60. The molecule has 0 radical (unpaired) electrons. The average molecular weight is 207 g/mol. The Hall–Kier alpha value is -1.28. The van der Waals surface area contributed by atoms with Crippen LogP contribution in [0.25, 0.3) is 0 Å². The van der Waals surface area contributed by atoms with Crippen molar-refractivity contribution >= 4 is 11.6 Å². The SMILES string of the molecule is N#Cc1cc(C(F)F)c(F)nc1Cl. The number of nitriles is 1. The number of aromatic nitrogens is 1.